The van der Waals surface area contributed by atoms with E-state index in [1.165, 1.54) is 16.8 Å². The van der Waals surface area contributed by atoms with Crippen molar-refractivity contribution in [1.82, 2.24) is 0 Å². The lowest BCUT2D eigenvalue weighted by molar-refractivity contribution is -0.599. The molecule has 2 rings (SSSR count). The Morgan fingerprint density at radius 2 is 1.74 bits per heavy atom. The van der Waals surface area contributed by atoms with Crippen molar-refractivity contribution in [2.24, 2.45) is 0 Å². The Hall–Kier alpha value is -1.51. The first kappa shape index (κ1) is 13.9. The molecular formula is C16H24NO2+. The number of benzene rings is 1. The van der Waals surface area contributed by atoms with Crippen LogP contribution in [0.3, 0.4) is 0 Å². The van der Waals surface area contributed by atoms with Crippen molar-refractivity contribution >= 4 is 5.71 Å². The average molecular weight is 262 g/mol. The van der Waals surface area contributed by atoms with Crippen molar-refractivity contribution in [3.8, 4) is 11.5 Å². The molecule has 0 aliphatic carbocycles. The topological polar surface area (TPSA) is 21.5 Å². The van der Waals surface area contributed by atoms with Crippen LogP contribution in [-0.4, -0.2) is 36.6 Å². The van der Waals surface area contributed by atoms with Crippen LogP contribution in [-0.2, 0) is 6.42 Å². The molecule has 0 saturated carbocycles. The molecule has 1 aliphatic heterocycles. The van der Waals surface area contributed by atoms with E-state index >= 15 is 0 Å². The molecule has 1 aromatic carbocycles. The summed E-state index contributed by atoms with van der Waals surface area (Å²) >= 11 is 0. The van der Waals surface area contributed by atoms with Crippen LogP contribution in [0.25, 0.3) is 0 Å². The number of ether oxygens (including phenoxy) is 2. The third kappa shape index (κ3) is 2.22. The molecule has 0 amide bonds. The minimum atomic E-state index is 0.144. The number of rotatable bonds is 3. The number of methoxy groups -OCH3 is 2. The van der Waals surface area contributed by atoms with Crippen LogP contribution in [0.2, 0.25) is 0 Å². The minimum Gasteiger partial charge on any atom is -0.493 e. The van der Waals surface area contributed by atoms with Gasteiger partial charge < -0.3 is 9.47 Å². The van der Waals surface area contributed by atoms with Gasteiger partial charge in [-0.15, -0.1) is 0 Å². The van der Waals surface area contributed by atoms with Crippen molar-refractivity contribution in [2.75, 3.05) is 20.8 Å². The van der Waals surface area contributed by atoms with Gasteiger partial charge in [-0.2, -0.15) is 0 Å². The van der Waals surface area contributed by atoms with Crippen LogP contribution in [0.1, 0.15) is 38.8 Å². The summed E-state index contributed by atoms with van der Waals surface area (Å²) in [5, 5.41) is 0. The van der Waals surface area contributed by atoms with Gasteiger partial charge in [-0.3, -0.25) is 0 Å². The van der Waals surface area contributed by atoms with Gasteiger partial charge in [0.2, 0.25) is 0 Å². The smallest absolute Gasteiger partial charge is 0.181 e. The van der Waals surface area contributed by atoms with E-state index in [1.54, 1.807) is 14.2 Å². The summed E-state index contributed by atoms with van der Waals surface area (Å²) < 4.78 is 13.3. The maximum Gasteiger partial charge on any atom is 0.181 e. The van der Waals surface area contributed by atoms with Gasteiger partial charge in [0.1, 0.15) is 6.54 Å². The third-order valence-corrected chi connectivity index (χ3v) is 4.07. The van der Waals surface area contributed by atoms with Crippen molar-refractivity contribution in [3.05, 3.63) is 23.3 Å². The molecule has 19 heavy (non-hydrogen) atoms. The van der Waals surface area contributed by atoms with Gasteiger partial charge in [-0.25, -0.2) is 4.58 Å². The molecule has 0 N–H and O–H groups in total. The van der Waals surface area contributed by atoms with Gasteiger partial charge in [-0.1, -0.05) is 0 Å². The van der Waals surface area contributed by atoms with Crippen molar-refractivity contribution in [2.45, 2.75) is 39.7 Å². The molecule has 0 fully saturated rings. The van der Waals surface area contributed by atoms with E-state index in [0.29, 0.717) is 0 Å². The highest BCUT2D eigenvalue weighted by Crippen LogP contribution is 2.35. The lowest BCUT2D eigenvalue weighted by Crippen LogP contribution is -2.45. The third-order valence-electron chi connectivity index (χ3n) is 4.07. The Balaban J connectivity index is 2.65. The zero-order valence-corrected chi connectivity index (χ0v) is 12.8. The van der Waals surface area contributed by atoms with Gasteiger partial charge in [-0.05, 0) is 24.6 Å². The SMILES string of the molecule is CC[N+]1=C(C)c2cc(OC)c(OC)cc2CC1(C)C. The highest BCUT2D eigenvalue weighted by molar-refractivity contribution is 5.98. The summed E-state index contributed by atoms with van der Waals surface area (Å²) in [6, 6.07) is 4.22. The zero-order valence-electron chi connectivity index (χ0n) is 12.8. The number of fused-ring (bicyclic) bond motifs is 1. The van der Waals surface area contributed by atoms with Gasteiger partial charge >= 0.3 is 0 Å². The predicted molar refractivity (Wildman–Crippen MR) is 77.9 cm³/mol. The summed E-state index contributed by atoms with van der Waals surface area (Å²) in [5.74, 6) is 1.62. The molecule has 104 valence electrons. The van der Waals surface area contributed by atoms with Gasteiger partial charge in [0.25, 0.3) is 0 Å². The number of hydrogen-bond donors (Lipinski definition) is 0. The van der Waals surface area contributed by atoms with Crippen molar-refractivity contribution in [1.29, 1.82) is 0 Å². The second-order valence-corrected chi connectivity index (χ2v) is 5.68. The summed E-state index contributed by atoms with van der Waals surface area (Å²) in [6.07, 6.45) is 1.02. The maximum atomic E-state index is 5.41. The molecule has 0 atom stereocenters. The van der Waals surface area contributed by atoms with Crippen LogP contribution in [0, 0.1) is 0 Å². The van der Waals surface area contributed by atoms with Gasteiger partial charge in [0.15, 0.2) is 22.7 Å². The second-order valence-electron chi connectivity index (χ2n) is 5.68. The van der Waals surface area contributed by atoms with E-state index in [2.05, 4.69) is 44.4 Å². The first-order valence-corrected chi connectivity index (χ1v) is 6.81. The molecule has 1 aromatic rings. The molecular weight excluding hydrogens is 238 g/mol. The molecule has 1 heterocycles. The fourth-order valence-electron chi connectivity index (χ4n) is 3.23. The van der Waals surface area contributed by atoms with Gasteiger partial charge in [0.05, 0.1) is 14.2 Å². The Labute approximate surface area is 115 Å². The van der Waals surface area contributed by atoms with Crippen LogP contribution < -0.4 is 9.47 Å². The van der Waals surface area contributed by atoms with E-state index in [-0.39, 0.29) is 5.54 Å². The molecule has 0 radical (unpaired) electrons. The number of likely N-dealkylation sites (N-methyl/N-ethyl adjacent to an activating group) is 1. The average Bonchev–Trinajstić information content (AvgIpc) is 2.36. The van der Waals surface area contributed by atoms with Crippen LogP contribution in [0.15, 0.2) is 12.1 Å². The van der Waals surface area contributed by atoms with E-state index in [9.17, 15) is 0 Å². The molecule has 3 heteroatoms. The van der Waals surface area contributed by atoms with Crippen LogP contribution >= 0.6 is 0 Å². The van der Waals surface area contributed by atoms with E-state index in [0.717, 1.165) is 24.5 Å². The Morgan fingerprint density at radius 3 is 2.26 bits per heavy atom. The predicted octanol–water partition coefficient (Wildman–Crippen LogP) is 2.88. The lowest BCUT2D eigenvalue weighted by Gasteiger charge is -2.30. The standard InChI is InChI=1S/C16H24NO2/c1-7-17-11(2)13-9-15(19-6)14(18-5)8-12(13)10-16(17,3)4/h8-9H,7,10H2,1-6H3/q+1. The van der Waals surface area contributed by atoms with Crippen molar-refractivity contribution in [3.63, 3.8) is 0 Å². The first-order valence-electron chi connectivity index (χ1n) is 6.81. The van der Waals surface area contributed by atoms with Crippen molar-refractivity contribution < 1.29 is 14.0 Å². The second kappa shape index (κ2) is 4.87. The van der Waals surface area contributed by atoms with E-state index < -0.39 is 0 Å². The Kier molecular flexibility index (Phi) is 3.57. The highest BCUT2D eigenvalue weighted by atomic mass is 16.5. The fourth-order valence-corrected chi connectivity index (χ4v) is 3.23. The highest BCUT2D eigenvalue weighted by Gasteiger charge is 2.38. The summed E-state index contributed by atoms with van der Waals surface area (Å²) in [5.41, 5.74) is 4.07. The lowest BCUT2D eigenvalue weighted by atomic mass is 9.85. The summed E-state index contributed by atoms with van der Waals surface area (Å²) in [7, 11) is 3.37. The fraction of sp³-hybridized carbons (Fsp3) is 0.562. The molecule has 0 spiro atoms. The van der Waals surface area contributed by atoms with Crippen LogP contribution in [0.5, 0.6) is 11.5 Å². The molecule has 0 bridgehead atoms. The molecule has 0 saturated heterocycles. The first-order chi connectivity index (χ1) is 8.94. The Bertz CT molecular complexity index is 530. The largest absolute Gasteiger partial charge is 0.493 e. The van der Waals surface area contributed by atoms with Gasteiger partial charge in [0, 0.05) is 32.8 Å². The molecule has 0 unspecified atom stereocenters. The molecule has 3 nitrogen and oxygen atoms in total. The monoisotopic (exact) mass is 262 g/mol. The summed E-state index contributed by atoms with van der Waals surface area (Å²) in [4.78, 5) is 0. The molecule has 1 aliphatic rings. The summed E-state index contributed by atoms with van der Waals surface area (Å²) in [6.45, 7) is 10.00. The van der Waals surface area contributed by atoms with E-state index in [4.69, 9.17) is 9.47 Å². The number of hydrogen-bond acceptors (Lipinski definition) is 2. The molecule has 0 aromatic heterocycles. The zero-order chi connectivity index (χ0) is 14.2. The normalized spacial score (nSPS) is 17.2. The van der Waals surface area contributed by atoms with Crippen LogP contribution in [0.4, 0.5) is 0 Å². The number of nitrogens with zero attached hydrogens (tertiary/aromatic N) is 1. The maximum absolute atomic E-state index is 5.41. The quantitative estimate of drug-likeness (QED) is 0.781. The minimum absolute atomic E-state index is 0.144. The Morgan fingerprint density at radius 1 is 1.16 bits per heavy atom. The van der Waals surface area contributed by atoms with E-state index in [1.807, 2.05) is 0 Å².